The maximum absolute atomic E-state index is 6.10. The molecule has 0 amide bonds. The molecule has 0 radical (unpaired) electrons. The van der Waals surface area contributed by atoms with Gasteiger partial charge in [-0.3, -0.25) is 0 Å². The van der Waals surface area contributed by atoms with Crippen molar-refractivity contribution in [3.63, 3.8) is 0 Å². The minimum atomic E-state index is 0.00803. The molecule has 6 rings (SSSR count). The van der Waals surface area contributed by atoms with Crippen LogP contribution >= 0.6 is 0 Å². The van der Waals surface area contributed by atoms with Crippen LogP contribution < -0.4 is 0 Å². The lowest BCUT2D eigenvalue weighted by molar-refractivity contribution is 0.319. The number of aliphatic imine (C=N–C) groups is 2. The summed E-state index contributed by atoms with van der Waals surface area (Å²) in [6, 6.07) is 37.1. The van der Waals surface area contributed by atoms with E-state index in [4.69, 9.17) is 19.5 Å². The third kappa shape index (κ3) is 3.88. The van der Waals surface area contributed by atoms with Gasteiger partial charge in [0.2, 0.25) is 11.8 Å². The van der Waals surface area contributed by atoms with Crippen molar-refractivity contribution in [2.45, 2.75) is 12.1 Å². The van der Waals surface area contributed by atoms with E-state index in [-0.39, 0.29) is 12.1 Å². The molecule has 2 aliphatic heterocycles. The lowest BCUT2D eigenvalue weighted by Crippen LogP contribution is -2.07. The quantitative estimate of drug-likeness (QED) is 0.358. The largest absolute Gasteiger partial charge is 0.475 e. The van der Waals surface area contributed by atoms with E-state index >= 15 is 0 Å². The smallest absolute Gasteiger partial charge is 0.217 e. The molecule has 0 bridgehead atoms. The Labute approximate surface area is 199 Å². The molecule has 34 heavy (non-hydrogen) atoms. The highest BCUT2D eigenvalue weighted by atomic mass is 16.5. The molecule has 2 aliphatic rings. The Bertz CT molecular complexity index is 1260. The number of hydrogen-bond acceptors (Lipinski definition) is 4. The van der Waals surface area contributed by atoms with E-state index in [1.54, 1.807) is 0 Å². The maximum atomic E-state index is 6.10. The highest BCUT2D eigenvalue weighted by Gasteiger charge is 2.27. The van der Waals surface area contributed by atoms with E-state index in [2.05, 4.69) is 48.5 Å². The summed E-state index contributed by atoms with van der Waals surface area (Å²) in [7, 11) is 0. The molecule has 0 saturated heterocycles. The minimum Gasteiger partial charge on any atom is -0.475 e. The second-order valence-corrected chi connectivity index (χ2v) is 8.43. The third-order valence-electron chi connectivity index (χ3n) is 6.28. The molecular formula is C30H24N2O2. The fraction of sp³-hybridized carbons (Fsp3) is 0.133. The van der Waals surface area contributed by atoms with Gasteiger partial charge in [-0.05, 0) is 34.4 Å². The van der Waals surface area contributed by atoms with Crippen LogP contribution in [0.15, 0.2) is 119 Å². The van der Waals surface area contributed by atoms with Gasteiger partial charge in [0.1, 0.15) is 25.3 Å². The standard InChI is InChI=1S/C30H24N2O2/c1-3-11-21(12-4-1)27-19-33-29(31-27)25-17-9-7-15-23(25)24-16-8-10-18-26(24)30-32-28(20-34-30)22-13-5-2-6-14-22/h1-18,27-28H,19-20H2/t27-,28-/m1/s1. The summed E-state index contributed by atoms with van der Waals surface area (Å²) < 4.78 is 12.2. The summed E-state index contributed by atoms with van der Waals surface area (Å²) in [6.45, 7) is 1.09. The Morgan fingerprint density at radius 1 is 0.441 bits per heavy atom. The number of benzene rings is 4. The molecule has 4 aromatic rings. The molecule has 0 saturated carbocycles. The number of rotatable bonds is 5. The predicted molar refractivity (Wildman–Crippen MR) is 135 cm³/mol. The van der Waals surface area contributed by atoms with Crippen LogP contribution in [0.25, 0.3) is 11.1 Å². The number of ether oxygens (including phenoxy) is 2. The zero-order chi connectivity index (χ0) is 22.7. The lowest BCUT2D eigenvalue weighted by atomic mass is 9.95. The van der Waals surface area contributed by atoms with Gasteiger partial charge in [-0.1, -0.05) is 97.1 Å². The summed E-state index contributed by atoms with van der Waals surface area (Å²) in [5, 5.41) is 0. The van der Waals surface area contributed by atoms with Crippen LogP contribution in [0.3, 0.4) is 0 Å². The average Bonchev–Trinajstić information content (AvgIpc) is 3.61. The Balaban J connectivity index is 1.37. The van der Waals surface area contributed by atoms with Crippen molar-refractivity contribution in [1.82, 2.24) is 0 Å². The van der Waals surface area contributed by atoms with Crippen molar-refractivity contribution in [3.05, 3.63) is 131 Å². The first kappa shape index (κ1) is 20.4. The number of hydrogen-bond donors (Lipinski definition) is 0. The normalized spacial score (nSPS) is 19.2. The van der Waals surface area contributed by atoms with Crippen molar-refractivity contribution in [2.24, 2.45) is 9.98 Å². The number of nitrogens with zero attached hydrogens (tertiary/aromatic N) is 2. The van der Waals surface area contributed by atoms with Crippen molar-refractivity contribution >= 4 is 11.8 Å². The molecule has 0 aromatic heterocycles. The molecule has 0 fully saturated rings. The van der Waals surface area contributed by atoms with Gasteiger partial charge in [0.25, 0.3) is 0 Å². The van der Waals surface area contributed by atoms with Crippen LogP contribution in [0.4, 0.5) is 0 Å². The van der Waals surface area contributed by atoms with Gasteiger partial charge in [-0.25, -0.2) is 9.98 Å². The van der Waals surface area contributed by atoms with Gasteiger partial charge >= 0.3 is 0 Å². The highest BCUT2D eigenvalue weighted by molar-refractivity contribution is 6.07. The first-order valence-electron chi connectivity index (χ1n) is 11.6. The third-order valence-corrected chi connectivity index (χ3v) is 6.28. The van der Waals surface area contributed by atoms with Crippen molar-refractivity contribution < 1.29 is 9.47 Å². The SMILES string of the molecule is c1ccc([C@H]2COC(c3ccccc3-c3ccccc3C3=N[C@@H](c4ccccc4)CO3)=N2)cc1. The van der Waals surface area contributed by atoms with E-state index in [0.717, 1.165) is 33.4 Å². The van der Waals surface area contributed by atoms with Crippen molar-refractivity contribution in [1.29, 1.82) is 0 Å². The van der Waals surface area contributed by atoms with Gasteiger partial charge < -0.3 is 9.47 Å². The van der Waals surface area contributed by atoms with Crippen molar-refractivity contribution in [2.75, 3.05) is 13.2 Å². The fourth-order valence-electron chi connectivity index (χ4n) is 4.54. The minimum absolute atomic E-state index is 0.00803. The summed E-state index contributed by atoms with van der Waals surface area (Å²) in [5.41, 5.74) is 6.39. The summed E-state index contributed by atoms with van der Waals surface area (Å²) in [5.74, 6) is 1.35. The van der Waals surface area contributed by atoms with Gasteiger partial charge in [0.15, 0.2) is 0 Å². The highest BCUT2D eigenvalue weighted by Crippen LogP contribution is 2.34. The van der Waals surface area contributed by atoms with E-state index in [9.17, 15) is 0 Å². The van der Waals surface area contributed by atoms with Gasteiger partial charge in [-0.15, -0.1) is 0 Å². The van der Waals surface area contributed by atoms with E-state index in [1.165, 1.54) is 0 Å². The molecular weight excluding hydrogens is 420 g/mol. The average molecular weight is 445 g/mol. The Morgan fingerprint density at radius 2 is 0.794 bits per heavy atom. The molecule has 0 unspecified atom stereocenters. The molecule has 0 aliphatic carbocycles. The molecule has 4 heteroatoms. The van der Waals surface area contributed by atoms with Crippen LogP contribution in [0, 0.1) is 0 Å². The van der Waals surface area contributed by atoms with Crippen LogP contribution in [0.1, 0.15) is 34.3 Å². The zero-order valence-corrected chi connectivity index (χ0v) is 18.7. The van der Waals surface area contributed by atoms with Gasteiger partial charge in [0, 0.05) is 11.1 Å². The molecule has 4 aromatic carbocycles. The summed E-state index contributed by atoms with van der Waals surface area (Å²) >= 11 is 0. The molecule has 2 atom stereocenters. The first-order chi connectivity index (χ1) is 16.9. The molecule has 0 spiro atoms. The topological polar surface area (TPSA) is 43.2 Å². The van der Waals surface area contributed by atoms with Crippen LogP contribution in [-0.4, -0.2) is 25.0 Å². The van der Waals surface area contributed by atoms with Gasteiger partial charge in [0.05, 0.1) is 0 Å². The molecule has 0 N–H and O–H groups in total. The molecule has 2 heterocycles. The fourth-order valence-corrected chi connectivity index (χ4v) is 4.54. The summed E-state index contributed by atoms with van der Waals surface area (Å²) in [4.78, 5) is 9.85. The van der Waals surface area contributed by atoms with E-state index in [0.29, 0.717) is 25.0 Å². The van der Waals surface area contributed by atoms with Crippen LogP contribution in [0.5, 0.6) is 0 Å². The van der Waals surface area contributed by atoms with Crippen LogP contribution in [0.2, 0.25) is 0 Å². The molecule has 4 nitrogen and oxygen atoms in total. The second-order valence-electron chi connectivity index (χ2n) is 8.43. The van der Waals surface area contributed by atoms with E-state index < -0.39 is 0 Å². The summed E-state index contributed by atoms with van der Waals surface area (Å²) in [6.07, 6.45) is 0. The van der Waals surface area contributed by atoms with E-state index in [1.807, 2.05) is 60.7 Å². The second kappa shape index (κ2) is 8.99. The Kier molecular flexibility index (Phi) is 5.40. The van der Waals surface area contributed by atoms with Gasteiger partial charge in [-0.2, -0.15) is 0 Å². The monoisotopic (exact) mass is 444 g/mol. The Morgan fingerprint density at radius 3 is 1.21 bits per heavy atom. The maximum Gasteiger partial charge on any atom is 0.217 e. The predicted octanol–water partition coefficient (Wildman–Crippen LogP) is 6.39. The first-order valence-corrected chi connectivity index (χ1v) is 11.6. The lowest BCUT2D eigenvalue weighted by Gasteiger charge is -2.13. The Hall–Kier alpha value is -4.18. The molecule has 166 valence electrons. The van der Waals surface area contributed by atoms with Crippen molar-refractivity contribution in [3.8, 4) is 11.1 Å². The van der Waals surface area contributed by atoms with Crippen LogP contribution in [-0.2, 0) is 9.47 Å². The zero-order valence-electron chi connectivity index (χ0n) is 18.7.